The fourth-order valence-electron chi connectivity index (χ4n) is 0. The van der Waals surface area contributed by atoms with Gasteiger partial charge in [-0.05, 0) is 27.7 Å². The van der Waals surface area contributed by atoms with Crippen LogP contribution in [0.1, 0.15) is 27.7 Å². The van der Waals surface area contributed by atoms with E-state index in [9.17, 15) is 0 Å². The van der Waals surface area contributed by atoms with Gasteiger partial charge in [0.1, 0.15) is 0 Å². The molecule has 0 bridgehead atoms. The number of rotatable bonds is 0. The molecular formula is C8H12O12Pt3. The van der Waals surface area contributed by atoms with Gasteiger partial charge >= 0.3 is 63.2 Å². The fourth-order valence-corrected chi connectivity index (χ4v) is 0. The average molecular weight is 885 g/mol. The van der Waals surface area contributed by atoms with Gasteiger partial charge in [-0.3, -0.25) is 0 Å². The van der Waals surface area contributed by atoms with Crippen molar-refractivity contribution in [3.8, 4) is 0 Å². The van der Waals surface area contributed by atoms with Crippen molar-refractivity contribution in [2.45, 2.75) is 27.7 Å². The first-order valence-corrected chi connectivity index (χ1v) is 3.63. The normalized spacial score (nSPS) is 4.35. The van der Waals surface area contributed by atoms with Gasteiger partial charge in [0.25, 0.3) is 0 Å². The first kappa shape index (κ1) is 77.9. The van der Waals surface area contributed by atoms with E-state index in [1.54, 1.807) is 0 Å². The molecule has 0 unspecified atom stereocenters. The Morgan fingerprint density at radius 2 is 0.435 bits per heavy atom. The van der Waals surface area contributed by atoms with Gasteiger partial charge < -0.3 is 61.5 Å². The quantitative estimate of drug-likeness (QED) is 0.226. The van der Waals surface area contributed by atoms with Gasteiger partial charge in [-0.1, -0.05) is 0 Å². The van der Waals surface area contributed by atoms with E-state index >= 15 is 0 Å². The topological polar surface area (TPSA) is 275 Å². The summed E-state index contributed by atoms with van der Waals surface area (Å²) in [6.07, 6.45) is 0. The van der Waals surface area contributed by atoms with Crippen molar-refractivity contribution in [2.75, 3.05) is 0 Å². The van der Waals surface area contributed by atoms with E-state index in [1.165, 1.54) is 0 Å². The third-order valence-corrected chi connectivity index (χ3v) is 0. The molecule has 0 amide bonds. The van der Waals surface area contributed by atoms with Crippen LogP contribution in [0.4, 0.5) is 0 Å². The predicted molar refractivity (Wildman–Crippen MR) is 45.5 cm³/mol. The van der Waals surface area contributed by atoms with Crippen molar-refractivity contribution in [3.63, 3.8) is 0 Å². The molecule has 0 aromatic rings. The number of carboxylic acid groups (broad SMARTS) is 4. The summed E-state index contributed by atoms with van der Waals surface area (Å²) < 4.78 is 0. The van der Waals surface area contributed by atoms with Crippen molar-refractivity contribution in [1.82, 2.24) is 0 Å². The SMILES string of the molecule is CC(=O)[O-].CC(=O)[O-].CC(=O)[O-].CC(=O)[O-].[O-2].[O-2].[O-2].[O-2].[Pt+4].[Pt+4].[Pt+4]. The van der Waals surface area contributed by atoms with Crippen LogP contribution in [0.5, 0.6) is 0 Å². The zero-order chi connectivity index (χ0) is 14.3. The van der Waals surface area contributed by atoms with E-state index in [0.29, 0.717) is 0 Å². The summed E-state index contributed by atoms with van der Waals surface area (Å²) in [7, 11) is 0. The Balaban J connectivity index is -0.00000000842. The minimum atomic E-state index is -1.08. The van der Waals surface area contributed by atoms with Gasteiger partial charge in [-0.15, -0.1) is 0 Å². The third kappa shape index (κ3) is 184000. The van der Waals surface area contributed by atoms with E-state index in [0.717, 1.165) is 27.7 Å². The molecule has 146 valence electrons. The van der Waals surface area contributed by atoms with Gasteiger partial charge in [-0.2, -0.15) is 0 Å². The summed E-state index contributed by atoms with van der Waals surface area (Å²) in [6, 6.07) is 0. The van der Waals surface area contributed by atoms with Crippen LogP contribution in [-0.2, 0) is 104 Å². The Morgan fingerprint density at radius 1 is 0.435 bits per heavy atom. The van der Waals surface area contributed by atoms with Crippen LogP contribution in [0.2, 0.25) is 0 Å². The third-order valence-electron chi connectivity index (χ3n) is 0. The Bertz CT molecular complexity index is 172. The average Bonchev–Trinajstić information content (AvgIpc) is 1.76. The summed E-state index contributed by atoms with van der Waals surface area (Å²) in [4.78, 5) is 35.6. The molecule has 0 atom stereocenters. The maximum Gasteiger partial charge on any atom is 4.00 e. The predicted octanol–water partition coefficient (Wildman–Crippen LogP) is -5.46. The molecule has 12 nitrogen and oxygen atoms in total. The van der Waals surface area contributed by atoms with Gasteiger partial charge in [0.05, 0.1) is 0 Å². The zero-order valence-electron chi connectivity index (χ0n) is 11.8. The molecular weight excluding hydrogens is 873 g/mol. The number of aliphatic carboxylic acids is 4. The number of hydrogen-bond acceptors (Lipinski definition) is 8. The van der Waals surface area contributed by atoms with Crippen molar-refractivity contribution >= 4 is 23.9 Å². The molecule has 0 aliphatic carbocycles. The first-order chi connectivity index (χ1) is 6.93. The summed E-state index contributed by atoms with van der Waals surface area (Å²) in [5.41, 5.74) is 0. The number of carbonyl (C=O) groups is 4. The van der Waals surface area contributed by atoms with Crippen LogP contribution in [0.15, 0.2) is 0 Å². The maximum atomic E-state index is 8.89. The molecule has 0 aromatic carbocycles. The largest absolute Gasteiger partial charge is 4.00 e. The first-order valence-electron chi connectivity index (χ1n) is 3.63. The van der Waals surface area contributed by atoms with E-state index in [2.05, 4.69) is 0 Å². The van der Waals surface area contributed by atoms with Crippen LogP contribution in [0.25, 0.3) is 0 Å². The maximum absolute atomic E-state index is 8.89. The van der Waals surface area contributed by atoms with Gasteiger partial charge in [0.2, 0.25) is 0 Å². The van der Waals surface area contributed by atoms with Gasteiger partial charge in [-0.25, -0.2) is 0 Å². The molecule has 0 N–H and O–H groups in total. The van der Waals surface area contributed by atoms with Crippen molar-refractivity contribution < 1.29 is 125 Å². The Labute approximate surface area is 175 Å². The molecule has 0 fully saturated rings. The molecule has 0 radical (unpaired) electrons. The minimum absolute atomic E-state index is 0. The monoisotopic (exact) mass is 885 g/mol. The fraction of sp³-hybridized carbons (Fsp3) is 0.500. The van der Waals surface area contributed by atoms with Crippen LogP contribution in [-0.4, -0.2) is 23.9 Å². The molecule has 15 heteroatoms. The van der Waals surface area contributed by atoms with E-state index < -0.39 is 23.9 Å². The second kappa shape index (κ2) is 67.8. The molecule has 0 rings (SSSR count). The summed E-state index contributed by atoms with van der Waals surface area (Å²) in [6.45, 7) is 3.89. The van der Waals surface area contributed by atoms with Crippen molar-refractivity contribution in [1.29, 1.82) is 0 Å². The number of hydrogen-bond donors (Lipinski definition) is 0. The summed E-state index contributed by atoms with van der Waals surface area (Å²) >= 11 is 0. The molecule has 0 aliphatic heterocycles. The Kier molecular flexibility index (Phi) is 229. The van der Waals surface area contributed by atoms with Crippen molar-refractivity contribution in [3.05, 3.63) is 0 Å². The van der Waals surface area contributed by atoms with Crippen LogP contribution >= 0.6 is 0 Å². The summed E-state index contributed by atoms with van der Waals surface area (Å²) in [5.74, 6) is -4.33. The molecule has 0 saturated carbocycles. The molecule has 0 saturated heterocycles. The van der Waals surface area contributed by atoms with Crippen molar-refractivity contribution in [2.24, 2.45) is 0 Å². The molecule has 0 heterocycles. The van der Waals surface area contributed by atoms with E-state index in [1.807, 2.05) is 0 Å². The number of carbonyl (C=O) groups excluding carboxylic acids is 4. The molecule has 0 aromatic heterocycles. The second-order valence-electron chi connectivity index (χ2n) is 1.97. The molecule has 0 spiro atoms. The van der Waals surface area contributed by atoms with E-state index in [4.69, 9.17) is 39.6 Å². The molecule has 23 heavy (non-hydrogen) atoms. The molecule has 0 aliphatic rings. The van der Waals surface area contributed by atoms with Crippen LogP contribution in [0.3, 0.4) is 0 Å². The van der Waals surface area contributed by atoms with Gasteiger partial charge in [0, 0.05) is 23.9 Å². The van der Waals surface area contributed by atoms with Crippen LogP contribution in [0, 0.1) is 0 Å². The van der Waals surface area contributed by atoms with Gasteiger partial charge in [0.15, 0.2) is 0 Å². The number of carboxylic acids is 4. The zero-order valence-corrected chi connectivity index (χ0v) is 18.7. The smallest absolute Gasteiger partial charge is 2.00 e. The Morgan fingerprint density at radius 3 is 0.435 bits per heavy atom. The summed E-state index contributed by atoms with van der Waals surface area (Å²) in [5, 5.41) is 35.6. The Hall–Kier alpha value is -0.215. The standard InChI is InChI=1S/4C2H4O2.4O.3Pt/c4*1-2(3)4;;;;;;;/h4*1H3,(H,3,4);;;;;;;/q;;;;4*-2;3*+4/p-4. The van der Waals surface area contributed by atoms with Crippen LogP contribution < -0.4 is 20.4 Å². The minimum Gasteiger partial charge on any atom is -2.00 e. The second-order valence-corrected chi connectivity index (χ2v) is 1.97. The van der Waals surface area contributed by atoms with E-state index in [-0.39, 0.29) is 85.1 Å².